The molecule has 0 bridgehead atoms. The number of pyridine rings is 1. The van der Waals surface area contributed by atoms with Gasteiger partial charge in [0.2, 0.25) is 0 Å². The summed E-state index contributed by atoms with van der Waals surface area (Å²) < 4.78 is 0. The Labute approximate surface area is 188 Å². The van der Waals surface area contributed by atoms with Gasteiger partial charge in [0.05, 0.1) is 6.21 Å². The average Bonchev–Trinajstić information content (AvgIpc) is 2.81. The lowest BCUT2D eigenvalue weighted by atomic mass is 10.1. The van der Waals surface area contributed by atoms with E-state index in [9.17, 15) is 0 Å². The van der Waals surface area contributed by atoms with Crippen LogP contribution in [0.1, 0.15) is 11.1 Å². The van der Waals surface area contributed by atoms with Crippen molar-refractivity contribution in [1.82, 2.24) is 15.3 Å². The molecule has 1 aromatic heterocycles. The van der Waals surface area contributed by atoms with Crippen molar-refractivity contribution in [1.29, 1.82) is 0 Å². The predicted molar refractivity (Wildman–Crippen MR) is 131 cm³/mol. The molecule has 3 N–H and O–H groups in total. The zero-order valence-corrected chi connectivity index (χ0v) is 18.1. The Bertz CT molecular complexity index is 1010. The van der Waals surface area contributed by atoms with Crippen molar-refractivity contribution in [2.24, 2.45) is 10.8 Å². The highest BCUT2D eigenvalue weighted by Crippen LogP contribution is 2.22. The number of aromatic nitrogens is 1. The van der Waals surface area contributed by atoms with Crippen molar-refractivity contribution in [3.8, 4) is 11.1 Å². The topological polar surface area (TPSA) is 69.8 Å². The number of hydrogen-bond donors (Lipinski definition) is 2. The fourth-order valence-electron chi connectivity index (χ4n) is 3.65. The SMILES string of the molecule is NC(=S)N/N=C/c1ccc(-c2ccc(N3CCN(Cc4ccccc4)CC3)nc2)cc1. The highest BCUT2D eigenvalue weighted by molar-refractivity contribution is 7.80. The molecule has 158 valence electrons. The van der Waals surface area contributed by atoms with Crippen molar-refractivity contribution in [2.45, 2.75) is 6.54 Å². The van der Waals surface area contributed by atoms with Gasteiger partial charge >= 0.3 is 0 Å². The Morgan fingerprint density at radius 2 is 1.68 bits per heavy atom. The molecule has 1 fully saturated rings. The van der Waals surface area contributed by atoms with Gasteiger partial charge in [0.25, 0.3) is 0 Å². The minimum atomic E-state index is 0.150. The molecule has 0 atom stereocenters. The molecule has 31 heavy (non-hydrogen) atoms. The summed E-state index contributed by atoms with van der Waals surface area (Å²) in [6.07, 6.45) is 3.63. The van der Waals surface area contributed by atoms with Crippen molar-refractivity contribution >= 4 is 29.4 Å². The summed E-state index contributed by atoms with van der Waals surface area (Å²) in [5.74, 6) is 1.04. The van der Waals surface area contributed by atoms with Crippen molar-refractivity contribution in [3.05, 3.63) is 84.1 Å². The van der Waals surface area contributed by atoms with Crippen LogP contribution in [0.2, 0.25) is 0 Å². The minimum absolute atomic E-state index is 0.150. The maximum Gasteiger partial charge on any atom is 0.184 e. The molecule has 0 aliphatic carbocycles. The van der Waals surface area contributed by atoms with Crippen LogP contribution < -0.4 is 16.1 Å². The summed E-state index contributed by atoms with van der Waals surface area (Å²) >= 11 is 4.73. The highest BCUT2D eigenvalue weighted by Gasteiger charge is 2.18. The van der Waals surface area contributed by atoms with E-state index >= 15 is 0 Å². The van der Waals surface area contributed by atoms with Crippen LogP contribution in [0.15, 0.2) is 78.0 Å². The monoisotopic (exact) mass is 430 g/mol. The molecular weight excluding hydrogens is 404 g/mol. The molecule has 0 unspecified atom stereocenters. The van der Waals surface area contributed by atoms with Crippen LogP contribution in [0.25, 0.3) is 11.1 Å². The van der Waals surface area contributed by atoms with E-state index in [-0.39, 0.29) is 5.11 Å². The molecular formula is C24H26N6S. The molecule has 0 spiro atoms. The minimum Gasteiger partial charge on any atom is -0.375 e. The number of nitrogens with two attached hydrogens (primary N) is 1. The zero-order valence-electron chi connectivity index (χ0n) is 17.3. The summed E-state index contributed by atoms with van der Waals surface area (Å²) in [5, 5.41) is 4.12. The number of hydrogen-bond acceptors (Lipinski definition) is 5. The van der Waals surface area contributed by atoms with Crippen molar-refractivity contribution in [2.75, 3.05) is 31.1 Å². The van der Waals surface area contributed by atoms with Gasteiger partial charge in [-0.15, -0.1) is 0 Å². The number of benzene rings is 2. The molecule has 2 aromatic carbocycles. The number of piperazine rings is 1. The van der Waals surface area contributed by atoms with Gasteiger partial charge in [0.15, 0.2) is 5.11 Å². The van der Waals surface area contributed by atoms with Crippen LogP contribution in [-0.2, 0) is 6.54 Å². The lowest BCUT2D eigenvalue weighted by molar-refractivity contribution is 0.249. The molecule has 0 saturated carbocycles. The van der Waals surface area contributed by atoms with Gasteiger partial charge in [-0.3, -0.25) is 10.3 Å². The molecule has 7 heteroatoms. The average molecular weight is 431 g/mol. The largest absolute Gasteiger partial charge is 0.375 e. The maximum absolute atomic E-state index is 5.35. The number of anilines is 1. The molecule has 3 aromatic rings. The molecule has 1 aliphatic heterocycles. The predicted octanol–water partition coefficient (Wildman–Crippen LogP) is 3.24. The zero-order chi connectivity index (χ0) is 21.5. The number of thiocarbonyl (C=S) groups is 1. The van der Waals surface area contributed by atoms with E-state index < -0.39 is 0 Å². The first-order chi connectivity index (χ1) is 15.2. The molecule has 6 nitrogen and oxygen atoms in total. The number of nitrogens with zero attached hydrogens (tertiary/aromatic N) is 4. The number of nitrogens with one attached hydrogen (secondary N) is 1. The van der Waals surface area contributed by atoms with E-state index in [2.05, 4.69) is 74.9 Å². The van der Waals surface area contributed by atoms with Gasteiger partial charge in [-0.1, -0.05) is 54.6 Å². The highest BCUT2D eigenvalue weighted by atomic mass is 32.1. The van der Waals surface area contributed by atoms with Gasteiger partial charge in [0, 0.05) is 44.5 Å². The normalized spacial score (nSPS) is 14.6. The number of rotatable bonds is 6. The van der Waals surface area contributed by atoms with Crippen LogP contribution in [0.3, 0.4) is 0 Å². The first-order valence-electron chi connectivity index (χ1n) is 10.3. The lowest BCUT2D eigenvalue weighted by Crippen LogP contribution is -2.46. The Morgan fingerprint density at radius 3 is 2.32 bits per heavy atom. The number of hydrazone groups is 1. The van der Waals surface area contributed by atoms with Crippen LogP contribution in [-0.4, -0.2) is 47.4 Å². The summed E-state index contributed by atoms with van der Waals surface area (Å²) in [4.78, 5) is 9.58. The first-order valence-corrected chi connectivity index (χ1v) is 10.7. The molecule has 2 heterocycles. The standard InChI is InChI=1S/C24H26N6S/c25-24(31)28-27-16-19-6-8-21(9-7-19)22-10-11-23(26-17-22)30-14-12-29(13-15-30)18-20-4-2-1-3-5-20/h1-11,16-17H,12-15,18H2,(H3,25,28,31)/b27-16+. The molecule has 1 saturated heterocycles. The fraction of sp³-hybridized carbons (Fsp3) is 0.208. The Hall–Kier alpha value is -3.29. The van der Waals surface area contributed by atoms with Gasteiger partial charge < -0.3 is 10.6 Å². The van der Waals surface area contributed by atoms with Crippen LogP contribution in [0, 0.1) is 0 Å². The Kier molecular flexibility index (Phi) is 6.86. The summed E-state index contributed by atoms with van der Waals surface area (Å²) in [6.45, 7) is 5.09. The van der Waals surface area contributed by atoms with Gasteiger partial charge in [-0.2, -0.15) is 5.10 Å². The summed E-state index contributed by atoms with van der Waals surface area (Å²) in [6, 6.07) is 23.0. The fourth-order valence-corrected chi connectivity index (χ4v) is 3.71. The molecule has 1 aliphatic rings. The third-order valence-electron chi connectivity index (χ3n) is 5.33. The lowest BCUT2D eigenvalue weighted by Gasteiger charge is -2.35. The van der Waals surface area contributed by atoms with Crippen molar-refractivity contribution < 1.29 is 0 Å². The smallest absolute Gasteiger partial charge is 0.184 e. The van der Waals surface area contributed by atoms with Crippen molar-refractivity contribution in [3.63, 3.8) is 0 Å². The van der Waals surface area contributed by atoms with Gasteiger partial charge in [-0.05, 0) is 41.0 Å². The van der Waals surface area contributed by atoms with E-state index in [4.69, 9.17) is 22.9 Å². The van der Waals surface area contributed by atoms with E-state index in [0.717, 1.165) is 55.2 Å². The quantitative estimate of drug-likeness (QED) is 0.355. The van der Waals surface area contributed by atoms with E-state index in [1.807, 2.05) is 18.3 Å². The summed E-state index contributed by atoms with van der Waals surface area (Å²) in [7, 11) is 0. The second-order valence-corrected chi connectivity index (χ2v) is 7.95. The van der Waals surface area contributed by atoms with E-state index in [1.54, 1.807) is 6.21 Å². The van der Waals surface area contributed by atoms with Gasteiger partial charge in [0.1, 0.15) is 5.82 Å². The third-order valence-corrected chi connectivity index (χ3v) is 5.42. The Balaban J connectivity index is 1.32. The van der Waals surface area contributed by atoms with Gasteiger partial charge in [-0.25, -0.2) is 4.98 Å². The first kappa shape index (κ1) is 21.0. The molecule has 0 radical (unpaired) electrons. The second kappa shape index (κ2) is 10.1. The van der Waals surface area contributed by atoms with E-state index in [1.165, 1.54) is 5.56 Å². The maximum atomic E-state index is 5.35. The summed E-state index contributed by atoms with van der Waals surface area (Å²) in [5.41, 5.74) is 12.5. The second-order valence-electron chi connectivity index (χ2n) is 7.51. The molecule has 4 rings (SSSR count). The third kappa shape index (κ3) is 5.87. The van der Waals surface area contributed by atoms with Crippen LogP contribution >= 0.6 is 12.2 Å². The molecule has 0 amide bonds. The Morgan fingerprint density at radius 1 is 0.968 bits per heavy atom. The van der Waals surface area contributed by atoms with Crippen LogP contribution in [0.4, 0.5) is 5.82 Å². The van der Waals surface area contributed by atoms with Crippen LogP contribution in [0.5, 0.6) is 0 Å². The van der Waals surface area contributed by atoms with E-state index in [0.29, 0.717) is 0 Å².